The molecule has 0 bridgehead atoms. The van der Waals surface area contributed by atoms with Gasteiger partial charge in [-0.2, -0.15) is 0 Å². The van der Waals surface area contributed by atoms with Crippen LogP contribution < -0.4 is 5.32 Å². The van der Waals surface area contributed by atoms with Gasteiger partial charge in [0.1, 0.15) is 5.83 Å². The Morgan fingerprint density at radius 1 is 1.27 bits per heavy atom. The Kier molecular flexibility index (Phi) is 6.91. The second kappa shape index (κ2) is 9.48. The molecule has 0 aliphatic carbocycles. The SMILES string of the molecule is C#Cc1ccc2c(c1)c(-c1cccc(S(=O)(=O)N(C)C)c1)c(C)n2C/C(F)=C/CNC(=O)O. The highest BCUT2D eigenvalue weighted by molar-refractivity contribution is 7.89. The van der Waals surface area contributed by atoms with Crippen molar-refractivity contribution < 1.29 is 22.7 Å². The highest BCUT2D eigenvalue weighted by Gasteiger charge is 2.21. The zero-order valence-corrected chi connectivity index (χ0v) is 19.3. The number of fused-ring (bicyclic) bond motifs is 1. The Morgan fingerprint density at radius 2 is 2.00 bits per heavy atom. The van der Waals surface area contributed by atoms with Crippen LogP contribution in [0.1, 0.15) is 11.3 Å². The first-order valence-corrected chi connectivity index (χ1v) is 11.4. The van der Waals surface area contributed by atoms with Crippen molar-refractivity contribution in [3.8, 4) is 23.5 Å². The third-order valence-electron chi connectivity index (χ3n) is 5.28. The number of sulfonamides is 1. The summed E-state index contributed by atoms with van der Waals surface area (Å²) in [5.74, 6) is 2.08. The topological polar surface area (TPSA) is 91.6 Å². The predicted octanol–water partition coefficient (Wildman–Crippen LogP) is 3.97. The molecule has 3 aromatic rings. The van der Waals surface area contributed by atoms with Crippen LogP contribution in [0.15, 0.2) is 59.3 Å². The summed E-state index contributed by atoms with van der Waals surface area (Å²) in [5, 5.41) is 11.5. The monoisotopic (exact) mass is 469 g/mol. The number of hydrogen-bond donors (Lipinski definition) is 2. The van der Waals surface area contributed by atoms with Crippen molar-refractivity contribution in [3.63, 3.8) is 0 Å². The zero-order chi connectivity index (χ0) is 24.3. The number of nitrogens with one attached hydrogen (secondary N) is 1. The molecule has 2 aromatic carbocycles. The van der Waals surface area contributed by atoms with Crippen LogP contribution in [0.5, 0.6) is 0 Å². The maximum atomic E-state index is 14.6. The second-order valence-electron chi connectivity index (χ2n) is 7.58. The Labute approximate surface area is 192 Å². The fourth-order valence-electron chi connectivity index (χ4n) is 3.63. The Bertz CT molecular complexity index is 1400. The number of benzene rings is 2. The summed E-state index contributed by atoms with van der Waals surface area (Å²) in [4.78, 5) is 10.7. The molecule has 0 aliphatic heterocycles. The summed E-state index contributed by atoms with van der Waals surface area (Å²) < 4.78 is 42.8. The van der Waals surface area contributed by atoms with Gasteiger partial charge in [0.25, 0.3) is 0 Å². The summed E-state index contributed by atoms with van der Waals surface area (Å²) in [5.41, 5.74) is 3.48. The van der Waals surface area contributed by atoms with Crippen LogP contribution in [0, 0.1) is 19.3 Å². The van der Waals surface area contributed by atoms with Gasteiger partial charge in [-0.25, -0.2) is 21.9 Å². The van der Waals surface area contributed by atoms with Gasteiger partial charge in [-0.3, -0.25) is 0 Å². The van der Waals surface area contributed by atoms with Gasteiger partial charge in [0.15, 0.2) is 0 Å². The minimum absolute atomic E-state index is 0.116. The van der Waals surface area contributed by atoms with Crippen molar-refractivity contribution in [2.45, 2.75) is 18.4 Å². The van der Waals surface area contributed by atoms with E-state index in [1.807, 2.05) is 13.0 Å². The Morgan fingerprint density at radius 3 is 2.64 bits per heavy atom. The van der Waals surface area contributed by atoms with Crippen LogP contribution in [-0.2, 0) is 16.6 Å². The van der Waals surface area contributed by atoms with Crippen LogP contribution in [0.4, 0.5) is 9.18 Å². The molecular weight excluding hydrogens is 445 g/mol. The van der Waals surface area contributed by atoms with E-state index in [-0.39, 0.29) is 18.0 Å². The molecule has 0 aliphatic rings. The number of allylic oxidation sites excluding steroid dienone is 1. The summed E-state index contributed by atoms with van der Waals surface area (Å²) in [7, 11) is -0.716. The van der Waals surface area contributed by atoms with Crippen molar-refractivity contribution in [2.75, 3.05) is 20.6 Å². The highest BCUT2D eigenvalue weighted by atomic mass is 32.2. The van der Waals surface area contributed by atoms with E-state index in [9.17, 15) is 17.6 Å². The molecule has 1 amide bonds. The van der Waals surface area contributed by atoms with Gasteiger partial charge in [-0.05, 0) is 48.9 Å². The molecule has 2 N–H and O–H groups in total. The molecule has 0 saturated heterocycles. The largest absolute Gasteiger partial charge is 0.465 e. The maximum absolute atomic E-state index is 14.6. The van der Waals surface area contributed by atoms with Crippen LogP contribution in [0.3, 0.4) is 0 Å². The number of carboxylic acid groups (broad SMARTS) is 1. The minimum Gasteiger partial charge on any atom is -0.465 e. The number of terminal acetylenes is 1. The Hall–Kier alpha value is -3.61. The van der Waals surface area contributed by atoms with Gasteiger partial charge >= 0.3 is 6.09 Å². The van der Waals surface area contributed by atoms with Gasteiger partial charge in [0.2, 0.25) is 10.0 Å². The van der Waals surface area contributed by atoms with Gasteiger partial charge in [-0.1, -0.05) is 18.1 Å². The minimum atomic E-state index is -3.65. The number of carbonyl (C=O) groups is 1. The molecule has 0 spiro atoms. The van der Waals surface area contributed by atoms with Crippen molar-refractivity contribution in [1.29, 1.82) is 0 Å². The number of amides is 1. The number of nitrogens with zero attached hydrogens (tertiary/aromatic N) is 2. The van der Waals surface area contributed by atoms with E-state index in [1.54, 1.807) is 34.9 Å². The number of hydrogen-bond acceptors (Lipinski definition) is 3. The lowest BCUT2D eigenvalue weighted by molar-refractivity contribution is 0.195. The standard InChI is InChI=1S/C24H24FN3O4S/c1-5-17-9-10-22-21(13-17)23(16(2)28(22)15-19(25)11-12-26-24(29)30)18-7-6-8-20(14-18)33(31,32)27(3)4/h1,6-11,13-14,26H,12,15H2,2-4H3,(H,29,30)/b19-11-. The van der Waals surface area contributed by atoms with Crippen LogP contribution >= 0.6 is 0 Å². The molecule has 3 rings (SSSR count). The van der Waals surface area contributed by atoms with Gasteiger partial charge in [0.05, 0.1) is 11.4 Å². The molecule has 9 heteroatoms. The smallest absolute Gasteiger partial charge is 0.404 e. The fourth-order valence-corrected chi connectivity index (χ4v) is 4.58. The van der Waals surface area contributed by atoms with E-state index in [2.05, 4.69) is 11.2 Å². The summed E-state index contributed by atoms with van der Waals surface area (Å²) >= 11 is 0. The average molecular weight is 470 g/mol. The molecule has 0 fully saturated rings. The third kappa shape index (κ3) is 4.92. The molecule has 7 nitrogen and oxygen atoms in total. The van der Waals surface area contributed by atoms with E-state index in [1.165, 1.54) is 26.2 Å². The summed E-state index contributed by atoms with van der Waals surface area (Å²) in [6.07, 6.45) is 5.51. The first-order chi connectivity index (χ1) is 15.6. The lowest BCUT2D eigenvalue weighted by Gasteiger charge is -2.13. The third-order valence-corrected chi connectivity index (χ3v) is 7.09. The number of aromatic nitrogens is 1. The van der Waals surface area contributed by atoms with Crippen LogP contribution in [0.25, 0.3) is 22.0 Å². The molecule has 1 aromatic heterocycles. The van der Waals surface area contributed by atoms with E-state index in [0.29, 0.717) is 16.8 Å². The highest BCUT2D eigenvalue weighted by Crippen LogP contribution is 2.36. The molecule has 0 radical (unpaired) electrons. The molecule has 0 atom stereocenters. The zero-order valence-electron chi connectivity index (χ0n) is 18.5. The quantitative estimate of drug-likeness (QED) is 0.512. The second-order valence-corrected chi connectivity index (χ2v) is 9.73. The molecule has 172 valence electrons. The first-order valence-electron chi connectivity index (χ1n) is 10.00. The van der Waals surface area contributed by atoms with E-state index < -0.39 is 21.9 Å². The van der Waals surface area contributed by atoms with Crippen molar-refractivity contribution in [2.24, 2.45) is 0 Å². The maximum Gasteiger partial charge on any atom is 0.404 e. The molecule has 33 heavy (non-hydrogen) atoms. The van der Waals surface area contributed by atoms with Crippen LogP contribution in [0.2, 0.25) is 0 Å². The predicted molar refractivity (Wildman–Crippen MR) is 126 cm³/mol. The van der Waals surface area contributed by atoms with Gasteiger partial charge < -0.3 is 15.0 Å². The van der Waals surface area contributed by atoms with Gasteiger partial charge in [0, 0.05) is 48.4 Å². The normalized spacial score (nSPS) is 12.2. The summed E-state index contributed by atoms with van der Waals surface area (Å²) in [6, 6.07) is 11.9. The summed E-state index contributed by atoms with van der Waals surface area (Å²) in [6.45, 7) is 1.55. The van der Waals surface area contributed by atoms with Crippen molar-refractivity contribution in [3.05, 3.63) is 65.6 Å². The molecular formula is C24H24FN3O4S. The average Bonchev–Trinajstić information content (AvgIpc) is 3.03. The van der Waals surface area contributed by atoms with Crippen molar-refractivity contribution in [1.82, 2.24) is 14.2 Å². The fraction of sp³-hybridized carbons (Fsp3) is 0.208. The Balaban J connectivity index is 2.18. The van der Waals surface area contributed by atoms with E-state index in [0.717, 1.165) is 20.8 Å². The number of rotatable bonds is 7. The lowest BCUT2D eigenvalue weighted by atomic mass is 10.0. The van der Waals surface area contributed by atoms with E-state index in [4.69, 9.17) is 11.5 Å². The van der Waals surface area contributed by atoms with Crippen molar-refractivity contribution >= 4 is 27.0 Å². The molecule has 0 unspecified atom stereocenters. The van der Waals surface area contributed by atoms with E-state index >= 15 is 0 Å². The first kappa shape index (κ1) is 24.0. The lowest BCUT2D eigenvalue weighted by Crippen LogP contribution is -2.22. The van der Waals surface area contributed by atoms with Crippen LogP contribution in [-0.4, -0.2) is 49.1 Å². The molecule has 0 saturated carbocycles. The van der Waals surface area contributed by atoms with Gasteiger partial charge in [-0.15, -0.1) is 6.42 Å². The molecule has 1 heterocycles. The number of halogens is 1.